The van der Waals surface area contributed by atoms with Crippen molar-refractivity contribution in [2.45, 2.75) is 6.54 Å². The minimum absolute atomic E-state index is 0.0121. The topological polar surface area (TPSA) is 22.0 Å². The fourth-order valence-electron chi connectivity index (χ4n) is 2.16. The summed E-state index contributed by atoms with van der Waals surface area (Å²) in [7, 11) is 0. The van der Waals surface area contributed by atoms with Crippen molar-refractivity contribution < 1.29 is 0 Å². The molecule has 3 aromatic rings. The predicted molar refractivity (Wildman–Crippen MR) is 78.8 cm³/mol. The molecule has 0 unspecified atom stereocenters. The highest BCUT2D eigenvalue weighted by Crippen LogP contribution is 2.16. The number of hydrogen-bond acceptors (Lipinski definition) is 1. The van der Waals surface area contributed by atoms with Crippen LogP contribution < -0.4 is 5.56 Å². The zero-order valence-corrected chi connectivity index (χ0v) is 11.0. The van der Waals surface area contributed by atoms with Crippen molar-refractivity contribution in [3.8, 4) is 0 Å². The number of benzene rings is 2. The SMILES string of the molecule is O=c1c2ccccc2ccn1Cc1ccccc1Cl. The van der Waals surface area contributed by atoms with E-state index in [-0.39, 0.29) is 5.56 Å². The van der Waals surface area contributed by atoms with E-state index in [4.69, 9.17) is 11.6 Å². The molecule has 0 aliphatic carbocycles. The van der Waals surface area contributed by atoms with E-state index >= 15 is 0 Å². The van der Waals surface area contributed by atoms with E-state index in [0.29, 0.717) is 11.6 Å². The second-order valence-electron chi connectivity index (χ2n) is 4.43. The average Bonchev–Trinajstić information content (AvgIpc) is 2.44. The van der Waals surface area contributed by atoms with Crippen LogP contribution in [0.15, 0.2) is 65.6 Å². The van der Waals surface area contributed by atoms with E-state index in [1.54, 1.807) is 4.57 Å². The van der Waals surface area contributed by atoms with Crippen LogP contribution in [0.2, 0.25) is 5.02 Å². The molecule has 2 aromatic carbocycles. The molecule has 0 aliphatic heterocycles. The fourth-order valence-corrected chi connectivity index (χ4v) is 2.36. The first-order valence-electron chi connectivity index (χ1n) is 6.07. The van der Waals surface area contributed by atoms with Crippen LogP contribution in [0.25, 0.3) is 10.8 Å². The Labute approximate surface area is 115 Å². The van der Waals surface area contributed by atoms with Gasteiger partial charge in [0, 0.05) is 16.6 Å². The number of halogens is 1. The monoisotopic (exact) mass is 269 g/mol. The lowest BCUT2D eigenvalue weighted by Gasteiger charge is -2.08. The van der Waals surface area contributed by atoms with Crippen LogP contribution in [-0.2, 0) is 6.54 Å². The first kappa shape index (κ1) is 12.0. The van der Waals surface area contributed by atoms with E-state index in [1.165, 1.54) is 0 Å². The van der Waals surface area contributed by atoms with E-state index in [9.17, 15) is 4.79 Å². The molecule has 3 rings (SSSR count). The second-order valence-corrected chi connectivity index (χ2v) is 4.83. The van der Waals surface area contributed by atoms with E-state index < -0.39 is 0 Å². The third-order valence-corrected chi connectivity index (χ3v) is 3.55. The third kappa shape index (κ3) is 2.27. The summed E-state index contributed by atoms with van der Waals surface area (Å²) in [6.07, 6.45) is 1.81. The molecule has 1 aromatic heterocycles. The molecule has 0 amide bonds. The minimum atomic E-state index is 0.0121. The maximum Gasteiger partial charge on any atom is 0.258 e. The van der Waals surface area contributed by atoms with Gasteiger partial charge in [-0.15, -0.1) is 0 Å². The van der Waals surface area contributed by atoms with Crippen molar-refractivity contribution in [3.63, 3.8) is 0 Å². The zero-order chi connectivity index (χ0) is 13.2. The van der Waals surface area contributed by atoms with E-state index in [2.05, 4.69) is 0 Å². The summed E-state index contributed by atoms with van der Waals surface area (Å²) < 4.78 is 1.68. The molecule has 0 spiro atoms. The van der Waals surface area contributed by atoms with Gasteiger partial charge in [0.2, 0.25) is 0 Å². The summed E-state index contributed by atoms with van der Waals surface area (Å²) in [4.78, 5) is 12.4. The summed E-state index contributed by atoms with van der Waals surface area (Å²) in [6.45, 7) is 0.489. The van der Waals surface area contributed by atoms with Gasteiger partial charge in [-0.25, -0.2) is 0 Å². The largest absolute Gasteiger partial charge is 0.311 e. The van der Waals surface area contributed by atoms with Gasteiger partial charge in [-0.2, -0.15) is 0 Å². The maximum absolute atomic E-state index is 12.4. The smallest absolute Gasteiger partial charge is 0.258 e. The van der Waals surface area contributed by atoms with Gasteiger partial charge in [-0.3, -0.25) is 4.79 Å². The van der Waals surface area contributed by atoms with Crippen LogP contribution in [0.5, 0.6) is 0 Å². The number of rotatable bonds is 2. The summed E-state index contributed by atoms with van der Waals surface area (Å²) in [5, 5.41) is 2.38. The Morgan fingerprint density at radius 3 is 2.53 bits per heavy atom. The van der Waals surface area contributed by atoms with Gasteiger partial charge in [0.15, 0.2) is 0 Å². The number of nitrogens with zero attached hydrogens (tertiary/aromatic N) is 1. The summed E-state index contributed by atoms with van der Waals surface area (Å²) >= 11 is 6.13. The molecule has 0 saturated carbocycles. The summed E-state index contributed by atoms with van der Waals surface area (Å²) in [5.74, 6) is 0. The van der Waals surface area contributed by atoms with E-state index in [1.807, 2.05) is 60.8 Å². The highest BCUT2D eigenvalue weighted by molar-refractivity contribution is 6.31. The first-order chi connectivity index (χ1) is 9.25. The van der Waals surface area contributed by atoms with Crippen LogP contribution in [0.1, 0.15) is 5.56 Å². The van der Waals surface area contributed by atoms with Gasteiger partial charge >= 0.3 is 0 Å². The third-order valence-electron chi connectivity index (χ3n) is 3.18. The Hall–Kier alpha value is -2.06. The van der Waals surface area contributed by atoms with Gasteiger partial charge < -0.3 is 4.57 Å². The molecule has 0 aliphatic rings. The first-order valence-corrected chi connectivity index (χ1v) is 6.45. The van der Waals surface area contributed by atoms with Crippen molar-refractivity contribution >= 4 is 22.4 Å². The standard InChI is InChI=1S/C16H12ClNO/c17-15-8-4-2-6-13(15)11-18-10-9-12-5-1-3-7-14(12)16(18)19/h1-10H,11H2. The molecule has 0 saturated heterocycles. The molecular formula is C16H12ClNO. The average molecular weight is 270 g/mol. The number of fused-ring (bicyclic) bond motifs is 1. The lowest BCUT2D eigenvalue weighted by Crippen LogP contribution is -2.20. The van der Waals surface area contributed by atoms with Crippen LogP contribution in [0.4, 0.5) is 0 Å². The molecule has 1 heterocycles. The summed E-state index contributed by atoms with van der Waals surface area (Å²) in [5.41, 5.74) is 0.958. The van der Waals surface area contributed by atoms with Gasteiger partial charge in [0.1, 0.15) is 0 Å². The molecule has 3 heteroatoms. The van der Waals surface area contributed by atoms with Crippen molar-refractivity contribution in [2.75, 3.05) is 0 Å². The minimum Gasteiger partial charge on any atom is -0.311 e. The van der Waals surface area contributed by atoms with Crippen LogP contribution in [0, 0.1) is 0 Å². The highest BCUT2D eigenvalue weighted by Gasteiger charge is 2.04. The lowest BCUT2D eigenvalue weighted by molar-refractivity contribution is 0.768. The Balaban J connectivity index is 2.10. The van der Waals surface area contributed by atoms with Crippen molar-refractivity contribution in [1.29, 1.82) is 0 Å². The molecule has 0 N–H and O–H groups in total. The van der Waals surface area contributed by atoms with Crippen LogP contribution in [-0.4, -0.2) is 4.57 Å². The van der Waals surface area contributed by atoms with Crippen molar-refractivity contribution in [1.82, 2.24) is 4.57 Å². The van der Waals surface area contributed by atoms with Gasteiger partial charge in [-0.1, -0.05) is 48.0 Å². The van der Waals surface area contributed by atoms with Gasteiger partial charge in [0.05, 0.1) is 6.54 Å². The van der Waals surface area contributed by atoms with Crippen LogP contribution in [0.3, 0.4) is 0 Å². The molecular weight excluding hydrogens is 258 g/mol. The predicted octanol–water partition coefficient (Wildman–Crippen LogP) is 3.70. The quantitative estimate of drug-likeness (QED) is 0.695. The fraction of sp³-hybridized carbons (Fsp3) is 0.0625. The Morgan fingerprint density at radius 1 is 0.947 bits per heavy atom. The van der Waals surface area contributed by atoms with Gasteiger partial charge in [-0.05, 0) is 29.1 Å². The molecule has 0 bridgehead atoms. The Bertz CT molecular complexity index is 792. The molecule has 0 fully saturated rings. The second kappa shape index (κ2) is 4.90. The zero-order valence-electron chi connectivity index (χ0n) is 10.2. The van der Waals surface area contributed by atoms with Crippen molar-refractivity contribution in [3.05, 3.63) is 81.7 Å². The molecule has 0 atom stereocenters. The number of pyridine rings is 1. The Kier molecular flexibility index (Phi) is 3.10. The maximum atomic E-state index is 12.4. The van der Waals surface area contributed by atoms with E-state index in [0.717, 1.165) is 16.3 Å². The summed E-state index contributed by atoms with van der Waals surface area (Å²) in [6, 6.07) is 17.1. The molecule has 19 heavy (non-hydrogen) atoms. The highest BCUT2D eigenvalue weighted by atomic mass is 35.5. The normalized spacial score (nSPS) is 10.8. The van der Waals surface area contributed by atoms with Gasteiger partial charge in [0.25, 0.3) is 5.56 Å². The number of aromatic nitrogens is 1. The molecule has 0 radical (unpaired) electrons. The Morgan fingerprint density at radius 2 is 1.68 bits per heavy atom. The lowest BCUT2D eigenvalue weighted by atomic mass is 10.1. The van der Waals surface area contributed by atoms with Crippen molar-refractivity contribution in [2.24, 2.45) is 0 Å². The van der Waals surface area contributed by atoms with Crippen LogP contribution >= 0.6 is 11.6 Å². The molecule has 2 nitrogen and oxygen atoms in total. The molecule has 94 valence electrons. The number of hydrogen-bond donors (Lipinski definition) is 0.